The van der Waals surface area contributed by atoms with Gasteiger partial charge in [-0.3, -0.25) is 4.98 Å². The highest BCUT2D eigenvalue weighted by molar-refractivity contribution is 9.10. The summed E-state index contributed by atoms with van der Waals surface area (Å²) < 4.78 is 1.01. The number of fused-ring (bicyclic) bond motifs is 1. The van der Waals surface area contributed by atoms with Crippen LogP contribution in [-0.4, -0.2) is 15.5 Å². The molecular formula is C18H15BrClN3. The molecule has 1 aliphatic rings. The fourth-order valence-corrected chi connectivity index (χ4v) is 3.41. The summed E-state index contributed by atoms with van der Waals surface area (Å²) in [7, 11) is 0. The molecule has 0 spiro atoms. The molecule has 3 nitrogen and oxygen atoms in total. The van der Waals surface area contributed by atoms with Crippen LogP contribution in [0, 0.1) is 0 Å². The maximum Gasteiger partial charge on any atom is 0.145 e. The van der Waals surface area contributed by atoms with E-state index >= 15 is 0 Å². The second kappa shape index (κ2) is 5.77. The van der Waals surface area contributed by atoms with Crippen LogP contribution in [0.4, 0.5) is 5.82 Å². The number of anilines is 1. The molecule has 1 fully saturated rings. The highest BCUT2D eigenvalue weighted by Gasteiger charge is 2.42. The molecule has 116 valence electrons. The van der Waals surface area contributed by atoms with Gasteiger partial charge < -0.3 is 5.32 Å². The lowest BCUT2D eigenvalue weighted by Crippen LogP contribution is -2.24. The largest absolute Gasteiger partial charge is 0.363 e. The average Bonchev–Trinajstić information content (AvgIpc) is 3.26. The first kappa shape index (κ1) is 14.9. The molecule has 0 radical (unpaired) electrons. The molecule has 0 atom stereocenters. The molecule has 0 saturated heterocycles. The van der Waals surface area contributed by atoms with Crippen LogP contribution in [-0.2, 0) is 6.42 Å². The Balaban J connectivity index is 1.56. The number of nitrogens with zero attached hydrogens (tertiary/aromatic N) is 2. The minimum Gasteiger partial charge on any atom is -0.363 e. The van der Waals surface area contributed by atoms with Crippen LogP contribution in [0.25, 0.3) is 11.0 Å². The van der Waals surface area contributed by atoms with Gasteiger partial charge in [0.05, 0.1) is 17.2 Å². The summed E-state index contributed by atoms with van der Waals surface area (Å²) in [5.41, 5.74) is 3.13. The van der Waals surface area contributed by atoms with E-state index in [1.165, 1.54) is 5.56 Å². The van der Waals surface area contributed by atoms with Crippen LogP contribution in [0.15, 0.2) is 53.1 Å². The number of aromatic nitrogens is 2. The Bertz CT molecular complexity index is 877. The zero-order chi connectivity index (χ0) is 15.9. The summed E-state index contributed by atoms with van der Waals surface area (Å²) >= 11 is 9.54. The van der Waals surface area contributed by atoms with Crippen molar-refractivity contribution in [2.24, 2.45) is 0 Å². The number of benzene rings is 2. The number of hydrogen-bond acceptors (Lipinski definition) is 3. The molecule has 0 aliphatic heterocycles. The van der Waals surface area contributed by atoms with E-state index in [0.717, 1.165) is 45.6 Å². The van der Waals surface area contributed by atoms with Crippen molar-refractivity contribution in [3.05, 3.63) is 63.7 Å². The van der Waals surface area contributed by atoms with E-state index in [1.807, 2.05) is 42.6 Å². The Morgan fingerprint density at radius 1 is 1.13 bits per heavy atom. The SMILES string of the molecule is Clc1cccc(CC2(Nc3cnc4cc(Br)ccc4n3)CC2)c1. The second-order valence-electron chi connectivity index (χ2n) is 6.10. The predicted octanol–water partition coefficient (Wildman–Crippen LogP) is 5.23. The maximum absolute atomic E-state index is 6.09. The summed E-state index contributed by atoms with van der Waals surface area (Å²) in [5, 5.41) is 4.36. The summed E-state index contributed by atoms with van der Waals surface area (Å²) in [4.78, 5) is 9.18. The Morgan fingerprint density at radius 3 is 2.78 bits per heavy atom. The summed E-state index contributed by atoms with van der Waals surface area (Å²) in [5.74, 6) is 0.833. The number of hydrogen-bond donors (Lipinski definition) is 1. The van der Waals surface area contributed by atoms with Crippen molar-refractivity contribution >= 4 is 44.4 Å². The topological polar surface area (TPSA) is 37.8 Å². The highest BCUT2D eigenvalue weighted by Crippen LogP contribution is 2.41. The number of rotatable bonds is 4. The third-order valence-electron chi connectivity index (χ3n) is 4.18. The van der Waals surface area contributed by atoms with Crippen molar-refractivity contribution in [1.29, 1.82) is 0 Å². The van der Waals surface area contributed by atoms with Crippen LogP contribution in [0.2, 0.25) is 5.02 Å². The molecule has 4 rings (SSSR count). The van der Waals surface area contributed by atoms with Gasteiger partial charge in [-0.25, -0.2) is 4.98 Å². The first-order chi connectivity index (χ1) is 11.1. The standard InChI is InChI=1S/C18H15BrClN3/c19-13-4-5-15-16(9-13)21-11-17(22-15)23-18(6-7-18)10-12-2-1-3-14(20)8-12/h1-5,8-9,11H,6-7,10H2,(H,22,23). The van der Waals surface area contributed by atoms with Crippen molar-refractivity contribution < 1.29 is 0 Å². The van der Waals surface area contributed by atoms with Gasteiger partial charge in [-0.15, -0.1) is 0 Å². The average molecular weight is 389 g/mol. The van der Waals surface area contributed by atoms with Gasteiger partial charge in [-0.1, -0.05) is 39.7 Å². The number of halogens is 2. The van der Waals surface area contributed by atoms with Gasteiger partial charge in [0.25, 0.3) is 0 Å². The van der Waals surface area contributed by atoms with Crippen LogP contribution >= 0.6 is 27.5 Å². The van der Waals surface area contributed by atoms with Crippen molar-refractivity contribution in [3.63, 3.8) is 0 Å². The van der Waals surface area contributed by atoms with E-state index in [0.29, 0.717) is 0 Å². The molecule has 0 amide bonds. The van der Waals surface area contributed by atoms with Gasteiger partial charge in [0, 0.05) is 15.0 Å². The number of nitrogens with one attached hydrogen (secondary N) is 1. The van der Waals surface area contributed by atoms with Crippen molar-refractivity contribution in [1.82, 2.24) is 9.97 Å². The lowest BCUT2D eigenvalue weighted by molar-refractivity contribution is 0.721. The molecule has 1 aromatic heterocycles. The third kappa shape index (κ3) is 3.33. The van der Waals surface area contributed by atoms with Gasteiger partial charge >= 0.3 is 0 Å². The molecule has 2 aromatic carbocycles. The normalized spacial score (nSPS) is 15.6. The van der Waals surface area contributed by atoms with E-state index in [9.17, 15) is 0 Å². The van der Waals surface area contributed by atoms with Gasteiger partial charge in [0.1, 0.15) is 5.82 Å². The highest BCUT2D eigenvalue weighted by atomic mass is 79.9. The summed E-state index contributed by atoms with van der Waals surface area (Å²) in [6.07, 6.45) is 5.04. The quantitative estimate of drug-likeness (QED) is 0.665. The summed E-state index contributed by atoms with van der Waals surface area (Å²) in [6, 6.07) is 14.0. The van der Waals surface area contributed by atoms with Gasteiger partial charge in [0.2, 0.25) is 0 Å². The Labute approximate surface area is 148 Å². The molecule has 1 N–H and O–H groups in total. The minimum atomic E-state index is 0.0857. The zero-order valence-corrected chi connectivity index (χ0v) is 14.7. The van der Waals surface area contributed by atoms with Crippen molar-refractivity contribution in [2.75, 3.05) is 5.32 Å². The molecule has 23 heavy (non-hydrogen) atoms. The Hall–Kier alpha value is -1.65. The van der Waals surface area contributed by atoms with E-state index in [1.54, 1.807) is 0 Å². The monoisotopic (exact) mass is 387 g/mol. The van der Waals surface area contributed by atoms with Crippen molar-refractivity contribution in [3.8, 4) is 0 Å². The molecule has 5 heteroatoms. The molecule has 1 heterocycles. The van der Waals surface area contributed by atoms with Gasteiger partial charge in [-0.2, -0.15) is 0 Å². The Morgan fingerprint density at radius 2 is 2.00 bits per heavy atom. The molecule has 3 aromatic rings. The fourth-order valence-electron chi connectivity index (χ4n) is 2.85. The second-order valence-corrected chi connectivity index (χ2v) is 7.45. The van der Waals surface area contributed by atoms with Crippen LogP contribution < -0.4 is 5.32 Å². The molecule has 1 aliphatic carbocycles. The minimum absolute atomic E-state index is 0.0857. The van der Waals surface area contributed by atoms with E-state index < -0.39 is 0 Å². The van der Waals surface area contributed by atoms with Crippen LogP contribution in [0.3, 0.4) is 0 Å². The first-order valence-corrected chi connectivity index (χ1v) is 8.74. The van der Waals surface area contributed by atoms with E-state index in [4.69, 9.17) is 11.6 Å². The van der Waals surface area contributed by atoms with E-state index in [-0.39, 0.29) is 5.54 Å². The third-order valence-corrected chi connectivity index (χ3v) is 4.91. The van der Waals surface area contributed by atoms with Gasteiger partial charge in [-0.05, 0) is 55.2 Å². The molecule has 0 bridgehead atoms. The molecular weight excluding hydrogens is 374 g/mol. The predicted molar refractivity (Wildman–Crippen MR) is 98.0 cm³/mol. The lowest BCUT2D eigenvalue weighted by atomic mass is 10.0. The zero-order valence-electron chi connectivity index (χ0n) is 12.4. The molecule has 0 unspecified atom stereocenters. The molecule has 1 saturated carbocycles. The van der Waals surface area contributed by atoms with Gasteiger partial charge in [0.15, 0.2) is 0 Å². The van der Waals surface area contributed by atoms with Crippen LogP contribution in [0.5, 0.6) is 0 Å². The van der Waals surface area contributed by atoms with Crippen LogP contribution in [0.1, 0.15) is 18.4 Å². The Kier molecular flexibility index (Phi) is 3.74. The smallest absolute Gasteiger partial charge is 0.145 e. The maximum atomic E-state index is 6.09. The summed E-state index contributed by atoms with van der Waals surface area (Å²) in [6.45, 7) is 0. The fraction of sp³-hybridized carbons (Fsp3) is 0.222. The van der Waals surface area contributed by atoms with E-state index in [2.05, 4.69) is 37.3 Å². The first-order valence-electron chi connectivity index (χ1n) is 7.57. The lowest BCUT2D eigenvalue weighted by Gasteiger charge is -2.18. The van der Waals surface area contributed by atoms with Crippen molar-refractivity contribution in [2.45, 2.75) is 24.8 Å².